The Labute approximate surface area is 181 Å². The molecule has 0 radical (unpaired) electrons. The summed E-state index contributed by atoms with van der Waals surface area (Å²) in [7, 11) is 0. The molecular weight excluding hydrogens is 400 g/mol. The molecule has 0 aromatic heterocycles. The number of ether oxygens (including phenoxy) is 4. The lowest BCUT2D eigenvalue weighted by Crippen LogP contribution is -2.21. The Morgan fingerprint density at radius 2 is 1.77 bits per heavy atom. The first-order valence-electron chi connectivity index (χ1n) is 9.92. The van der Waals surface area contributed by atoms with E-state index in [1.807, 2.05) is 6.92 Å². The van der Waals surface area contributed by atoms with E-state index in [1.54, 1.807) is 49.4 Å². The second-order valence-corrected chi connectivity index (χ2v) is 6.42. The summed E-state index contributed by atoms with van der Waals surface area (Å²) >= 11 is 0. The summed E-state index contributed by atoms with van der Waals surface area (Å²) in [5.74, 6) is 0.116. The van der Waals surface area contributed by atoms with Gasteiger partial charge < -0.3 is 24.3 Å². The van der Waals surface area contributed by atoms with Gasteiger partial charge in [0.05, 0.1) is 30.9 Å². The minimum Gasteiger partial charge on any atom is -0.494 e. The van der Waals surface area contributed by atoms with Gasteiger partial charge in [-0.1, -0.05) is 0 Å². The van der Waals surface area contributed by atoms with Crippen LogP contribution < -0.4 is 14.8 Å². The molecule has 0 aliphatic heterocycles. The van der Waals surface area contributed by atoms with Gasteiger partial charge in [0.2, 0.25) is 0 Å². The molecule has 8 heteroatoms. The molecule has 2 aromatic rings. The van der Waals surface area contributed by atoms with Crippen LogP contribution in [0.2, 0.25) is 0 Å². The molecule has 0 bridgehead atoms. The van der Waals surface area contributed by atoms with Crippen molar-refractivity contribution in [3.63, 3.8) is 0 Å². The van der Waals surface area contributed by atoms with Crippen LogP contribution in [0, 0.1) is 11.3 Å². The molecule has 8 nitrogen and oxygen atoms in total. The highest BCUT2D eigenvalue weighted by atomic mass is 16.6. The van der Waals surface area contributed by atoms with Crippen LogP contribution in [0.3, 0.4) is 0 Å². The molecule has 31 heavy (non-hydrogen) atoms. The smallest absolute Gasteiger partial charge is 0.344 e. The Morgan fingerprint density at radius 1 is 1.03 bits per heavy atom. The summed E-state index contributed by atoms with van der Waals surface area (Å²) in [4.78, 5) is 23.2. The Kier molecular flexibility index (Phi) is 9.17. The van der Waals surface area contributed by atoms with E-state index in [4.69, 9.17) is 24.2 Å². The molecule has 164 valence electrons. The summed E-state index contributed by atoms with van der Waals surface area (Å²) < 4.78 is 21.5. The second kappa shape index (κ2) is 12.1. The van der Waals surface area contributed by atoms with Gasteiger partial charge in [-0.25, -0.2) is 4.79 Å². The molecule has 1 unspecified atom stereocenters. The monoisotopic (exact) mass is 426 g/mol. The number of benzene rings is 2. The van der Waals surface area contributed by atoms with Crippen LogP contribution in [0.1, 0.15) is 37.9 Å². The largest absolute Gasteiger partial charge is 0.494 e. The number of esters is 2. The zero-order valence-corrected chi connectivity index (χ0v) is 17.8. The lowest BCUT2D eigenvalue weighted by molar-refractivity contribution is -0.145. The van der Waals surface area contributed by atoms with Crippen molar-refractivity contribution in [2.75, 3.05) is 31.7 Å². The highest BCUT2D eigenvalue weighted by Crippen LogP contribution is 2.32. The summed E-state index contributed by atoms with van der Waals surface area (Å²) in [5.41, 5.74) is 1.88. The van der Waals surface area contributed by atoms with Crippen molar-refractivity contribution in [3.05, 3.63) is 53.6 Å². The van der Waals surface area contributed by atoms with Gasteiger partial charge in [-0.2, -0.15) is 5.26 Å². The van der Waals surface area contributed by atoms with E-state index in [0.717, 1.165) is 0 Å². The fraction of sp³-hybridized carbons (Fsp3) is 0.348. The normalized spacial score (nSPS) is 11.0. The maximum atomic E-state index is 11.8. The number of hydrogen-bond donors (Lipinski definition) is 1. The van der Waals surface area contributed by atoms with Crippen molar-refractivity contribution in [2.24, 2.45) is 0 Å². The summed E-state index contributed by atoms with van der Waals surface area (Å²) in [6.45, 7) is 5.40. The standard InChI is InChI=1S/C23H26N2O6/c1-4-28-19-10-11-22(31-15-23(27)29-5-2)20(12-19)21(14-30-16(3)26)25-18-8-6-17(13-24)7-9-18/h6-12,21,25H,4-5,14-15H2,1-3H3. The van der Waals surface area contributed by atoms with Crippen molar-refractivity contribution < 1.29 is 28.5 Å². The number of carbonyl (C=O) groups is 2. The van der Waals surface area contributed by atoms with Crippen LogP contribution >= 0.6 is 0 Å². The molecule has 0 saturated carbocycles. The molecule has 0 aliphatic rings. The zero-order valence-electron chi connectivity index (χ0n) is 17.8. The van der Waals surface area contributed by atoms with E-state index < -0.39 is 18.0 Å². The van der Waals surface area contributed by atoms with Gasteiger partial charge in [0.25, 0.3) is 0 Å². The minimum atomic E-state index is -0.505. The number of carbonyl (C=O) groups excluding carboxylic acids is 2. The predicted octanol–water partition coefficient (Wildman–Crippen LogP) is 3.62. The number of hydrogen-bond acceptors (Lipinski definition) is 8. The van der Waals surface area contributed by atoms with Crippen molar-refractivity contribution in [3.8, 4) is 17.6 Å². The maximum absolute atomic E-state index is 11.8. The zero-order chi connectivity index (χ0) is 22.6. The summed E-state index contributed by atoms with van der Waals surface area (Å²) in [6.07, 6.45) is 0. The van der Waals surface area contributed by atoms with E-state index in [2.05, 4.69) is 11.4 Å². The third-order valence-corrected chi connectivity index (χ3v) is 4.13. The molecule has 1 N–H and O–H groups in total. The minimum absolute atomic E-state index is 0.0146. The fourth-order valence-electron chi connectivity index (χ4n) is 2.78. The molecule has 0 amide bonds. The molecule has 0 fully saturated rings. The number of nitrogens with zero attached hydrogens (tertiary/aromatic N) is 1. The van der Waals surface area contributed by atoms with Crippen molar-refractivity contribution in [1.82, 2.24) is 0 Å². The van der Waals surface area contributed by atoms with E-state index in [0.29, 0.717) is 34.9 Å². The van der Waals surface area contributed by atoms with Gasteiger partial charge in [0.15, 0.2) is 6.61 Å². The first-order chi connectivity index (χ1) is 15.0. The number of rotatable bonds is 11. The highest BCUT2D eigenvalue weighted by Gasteiger charge is 2.20. The van der Waals surface area contributed by atoms with Gasteiger partial charge in [-0.3, -0.25) is 4.79 Å². The van der Waals surface area contributed by atoms with Crippen molar-refractivity contribution in [1.29, 1.82) is 5.26 Å². The highest BCUT2D eigenvalue weighted by molar-refractivity contribution is 5.71. The fourth-order valence-corrected chi connectivity index (χ4v) is 2.78. The first-order valence-corrected chi connectivity index (χ1v) is 9.92. The lowest BCUT2D eigenvalue weighted by atomic mass is 10.0. The average Bonchev–Trinajstić information content (AvgIpc) is 2.76. The summed E-state index contributed by atoms with van der Waals surface area (Å²) in [5, 5.41) is 12.3. The maximum Gasteiger partial charge on any atom is 0.344 e. The van der Waals surface area contributed by atoms with Gasteiger partial charge in [0.1, 0.15) is 18.1 Å². The van der Waals surface area contributed by atoms with Gasteiger partial charge in [-0.15, -0.1) is 0 Å². The van der Waals surface area contributed by atoms with Gasteiger partial charge >= 0.3 is 11.9 Å². The molecule has 0 saturated heterocycles. The molecule has 0 spiro atoms. The van der Waals surface area contributed by atoms with Gasteiger partial charge in [0, 0.05) is 18.2 Å². The lowest BCUT2D eigenvalue weighted by Gasteiger charge is -2.23. The van der Waals surface area contributed by atoms with Crippen LogP contribution in [0.15, 0.2) is 42.5 Å². The van der Waals surface area contributed by atoms with Crippen LogP contribution in [-0.4, -0.2) is 38.4 Å². The predicted molar refractivity (Wildman–Crippen MR) is 114 cm³/mol. The molecule has 2 aromatic carbocycles. The number of anilines is 1. The first kappa shape index (κ1) is 23.5. The molecule has 0 heterocycles. The quantitative estimate of drug-likeness (QED) is 0.543. The SMILES string of the molecule is CCOC(=O)COc1ccc(OCC)cc1C(COC(C)=O)Nc1ccc(C#N)cc1. The molecule has 2 rings (SSSR count). The van der Waals surface area contributed by atoms with Crippen LogP contribution in [0.5, 0.6) is 11.5 Å². The second-order valence-electron chi connectivity index (χ2n) is 6.42. The average molecular weight is 426 g/mol. The van der Waals surface area contributed by atoms with E-state index >= 15 is 0 Å². The molecule has 1 atom stereocenters. The Balaban J connectivity index is 2.36. The van der Waals surface area contributed by atoms with E-state index in [9.17, 15) is 9.59 Å². The topological polar surface area (TPSA) is 107 Å². The third kappa shape index (κ3) is 7.55. The third-order valence-electron chi connectivity index (χ3n) is 4.13. The summed E-state index contributed by atoms with van der Waals surface area (Å²) in [6, 6.07) is 13.6. The van der Waals surface area contributed by atoms with E-state index in [1.165, 1.54) is 6.92 Å². The van der Waals surface area contributed by atoms with Crippen LogP contribution in [0.25, 0.3) is 0 Å². The molecular formula is C23H26N2O6. The van der Waals surface area contributed by atoms with E-state index in [-0.39, 0.29) is 19.8 Å². The van der Waals surface area contributed by atoms with Crippen LogP contribution in [-0.2, 0) is 19.1 Å². The Hall–Kier alpha value is -3.73. The Morgan fingerprint density at radius 3 is 2.39 bits per heavy atom. The van der Waals surface area contributed by atoms with Crippen molar-refractivity contribution >= 4 is 17.6 Å². The molecule has 0 aliphatic carbocycles. The van der Waals surface area contributed by atoms with Crippen molar-refractivity contribution in [2.45, 2.75) is 26.8 Å². The number of nitriles is 1. The van der Waals surface area contributed by atoms with Crippen LogP contribution in [0.4, 0.5) is 5.69 Å². The number of nitrogens with one attached hydrogen (secondary N) is 1. The van der Waals surface area contributed by atoms with Gasteiger partial charge in [-0.05, 0) is 56.3 Å². The Bertz CT molecular complexity index is 921.